The van der Waals surface area contributed by atoms with Crippen LogP contribution < -0.4 is 0 Å². The number of hydrogen-bond donors (Lipinski definition) is 0. The van der Waals surface area contributed by atoms with Gasteiger partial charge < -0.3 is 9.64 Å². The third-order valence-corrected chi connectivity index (χ3v) is 5.24. The maximum atomic E-state index is 13.6. The summed E-state index contributed by atoms with van der Waals surface area (Å²) in [5, 5.41) is 4.22. The molecule has 0 saturated carbocycles. The highest BCUT2D eigenvalue weighted by molar-refractivity contribution is 5.83. The lowest BCUT2D eigenvalue weighted by atomic mass is 9.96. The second-order valence-corrected chi connectivity index (χ2v) is 7.37. The van der Waals surface area contributed by atoms with Gasteiger partial charge in [0.25, 0.3) is 6.43 Å². The van der Waals surface area contributed by atoms with Crippen molar-refractivity contribution < 1.29 is 22.7 Å². The van der Waals surface area contributed by atoms with Gasteiger partial charge in [-0.25, -0.2) is 13.2 Å². The van der Waals surface area contributed by atoms with Crippen molar-refractivity contribution in [1.29, 1.82) is 0 Å². The van der Waals surface area contributed by atoms with Gasteiger partial charge in [-0.05, 0) is 30.7 Å². The van der Waals surface area contributed by atoms with E-state index in [0.717, 1.165) is 12.1 Å². The molecule has 9 heteroatoms. The number of methoxy groups -OCH3 is 1. The van der Waals surface area contributed by atoms with Gasteiger partial charge in [0.15, 0.2) is 0 Å². The molecule has 0 aliphatic carbocycles. The highest BCUT2D eigenvalue weighted by Gasteiger charge is 2.41. The summed E-state index contributed by atoms with van der Waals surface area (Å²) in [6.45, 7) is 2.99. The molecular weight excluding hydrogens is 385 g/mol. The maximum absolute atomic E-state index is 13.6. The lowest BCUT2D eigenvalue weighted by Gasteiger charge is -2.46. The number of benzene rings is 1. The predicted molar refractivity (Wildman–Crippen MR) is 99.9 cm³/mol. The molecule has 0 spiro atoms. The summed E-state index contributed by atoms with van der Waals surface area (Å²) in [5.41, 5.74) is 1.13. The number of pyridine rings is 1. The van der Waals surface area contributed by atoms with Crippen molar-refractivity contribution in [3.8, 4) is 11.1 Å². The standard InChI is InChI=1S/C20H19F3N4O2/c1-20(29-2)10-26(11-20)18(28)9-27-17-6-13(7-24-16(17)8-25-27)12-3-4-15(21)14(5-12)19(22)23/h3-8,19H,9-11H2,1-2H3. The Hall–Kier alpha value is -2.94. The first-order valence-corrected chi connectivity index (χ1v) is 9.02. The zero-order valence-corrected chi connectivity index (χ0v) is 15.9. The number of likely N-dealkylation sites (tertiary alicyclic amines) is 1. The fourth-order valence-corrected chi connectivity index (χ4v) is 3.43. The Morgan fingerprint density at radius 3 is 2.69 bits per heavy atom. The summed E-state index contributed by atoms with van der Waals surface area (Å²) in [4.78, 5) is 18.5. The van der Waals surface area contributed by atoms with E-state index in [1.807, 2.05) is 6.92 Å². The number of aromatic nitrogens is 3. The molecular formula is C20H19F3N4O2. The Morgan fingerprint density at radius 1 is 1.24 bits per heavy atom. The zero-order valence-electron chi connectivity index (χ0n) is 15.9. The number of nitrogens with zero attached hydrogens (tertiary/aromatic N) is 4. The van der Waals surface area contributed by atoms with Crippen LogP contribution in [0.3, 0.4) is 0 Å². The minimum atomic E-state index is -2.91. The van der Waals surface area contributed by atoms with Crippen LogP contribution >= 0.6 is 0 Å². The van der Waals surface area contributed by atoms with Gasteiger partial charge in [0.05, 0.1) is 36.0 Å². The molecule has 1 saturated heterocycles. The molecule has 1 amide bonds. The number of carbonyl (C=O) groups excluding carboxylic acids is 1. The molecule has 1 fully saturated rings. The van der Waals surface area contributed by atoms with E-state index in [2.05, 4.69) is 10.1 Å². The minimum Gasteiger partial charge on any atom is -0.375 e. The SMILES string of the molecule is COC1(C)CN(C(=O)Cn2ncc3ncc(-c4ccc(F)c(C(F)F)c4)cc32)C1. The van der Waals surface area contributed by atoms with Crippen molar-refractivity contribution in [2.45, 2.75) is 25.5 Å². The quantitative estimate of drug-likeness (QED) is 0.654. The molecule has 6 nitrogen and oxygen atoms in total. The highest BCUT2D eigenvalue weighted by atomic mass is 19.3. The van der Waals surface area contributed by atoms with Gasteiger partial charge in [-0.15, -0.1) is 0 Å². The summed E-state index contributed by atoms with van der Waals surface area (Å²) in [6, 6.07) is 5.25. The first-order chi connectivity index (χ1) is 13.8. The third kappa shape index (κ3) is 3.57. The molecule has 0 radical (unpaired) electrons. The number of halogens is 3. The van der Waals surface area contributed by atoms with Crippen LogP contribution in [0.15, 0.2) is 36.7 Å². The van der Waals surface area contributed by atoms with Crippen molar-refractivity contribution in [2.24, 2.45) is 0 Å². The molecule has 3 heterocycles. The second-order valence-electron chi connectivity index (χ2n) is 7.37. The fourth-order valence-electron chi connectivity index (χ4n) is 3.43. The van der Waals surface area contributed by atoms with Crippen LogP contribution in [0.25, 0.3) is 22.2 Å². The van der Waals surface area contributed by atoms with Gasteiger partial charge in [-0.3, -0.25) is 14.5 Å². The minimum absolute atomic E-state index is 0.0279. The van der Waals surface area contributed by atoms with Crippen LogP contribution in [0.1, 0.15) is 18.9 Å². The van der Waals surface area contributed by atoms with Crippen LogP contribution in [0.5, 0.6) is 0 Å². The highest BCUT2D eigenvalue weighted by Crippen LogP contribution is 2.29. The summed E-state index contributed by atoms with van der Waals surface area (Å²) in [6.07, 6.45) is 0.138. The normalized spacial score (nSPS) is 15.7. The molecule has 2 aromatic heterocycles. The van der Waals surface area contributed by atoms with Crippen molar-refractivity contribution in [3.63, 3.8) is 0 Å². The molecule has 0 N–H and O–H groups in total. The van der Waals surface area contributed by atoms with Gasteiger partial charge in [0.1, 0.15) is 17.9 Å². The van der Waals surface area contributed by atoms with E-state index in [-0.39, 0.29) is 18.1 Å². The third-order valence-electron chi connectivity index (χ3n) is 5.24. The van der Waals surface area contributed by atoms with Crippen LogP contribution in [0.4, 0.5) is 13.2 Å². The van der Waals surface area contributed by atoms with Crippen molar-refractivity contribution in [2.75, 3.05) is 20.2 Å². The van der Waals surface area contributed by atoms with E-state index >= 15 is 0 Å². The maximum Gasteiger partial charge on any atom is 0.266 e. The fraction of sp³-hybridized carbons (Fsp3) is 0.350. The summed E-state index contributed by atoms with van der Waals surface area (Å²) < 4.78 is 46.5. The van der Waals surface area contributed by atoms with E-state index in [4.69, 9.17) is 4.74 Å². The molecule has 3 aromatic rings. The molecule has 1 aliphatic rings. The number of ether oxygens (including phenoxy) is 1. The number of hydrogen-bond acceptors (Lipinski definition) is 4. The number of fused-ring (bicyclic) bond motifs is 1. The summed E-state index contributed by atoms with van der Waals surface area (Å²) in [7, 11) is 1.62. The van der Waals surface area contributed by atoms with Gasteiger partial charge in [0.2, 0.25) is 5.91 Å². The summed E-state index contributed by atoms with van der Waals surface area (Å²) >= 11 is 0. The van der Waals surface area contributed by atoms with Gasteiger partial charge in [-0.2, -0.15) is 5.10 Å². The Balaban J connectivity index is 1.60. The van der Waals surface area contributed by atoms with E-state index in [1.165, 1.54) is 23.1 Å². The zero-order chi connectivity index (χ0) is 20.8. The lowest BCUT2D eigenvalue weighted by Crippen LogP contribution is -2.63. The Labute approximate surface area is 164 Å². The van der Waals surface area contributed by atoms with Gasteiger partial charge in [-0.1, -0.05) is 6.07 Å². The smallest absolute Gasteiger partial charge is 0.266 e. The Morgan fingerprint density at radius 2 is 2.00 bits per heavy atom. The number of rotatable bonds is 5. The molecule has 1 aromatic carbocycles. The largest absolute Gasteiger partial charge is 0.375 e. The van der Waals surface area contributed by atoms with Crippen molar-refractivity contribution in [3.05, 3.63) is 48.0 Å². The molecule has 0 bridgehead atoms. The first kappa shape index (κ1) is 19.4. The van der Waals surface area contributed by atoms with Crippen molar-refractivity contribution >= 4 is 16.9 Å². The average Bonchev–Trinajstić information content (AvgIpc) is 3.07. The molecule has 1 aliphatic heterocycles. The molecule has 0 unspecified atom stereocenters. The van der Waals surface area contributed by atoms with Gasteiger partial charge in [0, 0.05) is 18.9 Å². The first-order valence-electron chi connectivity index (χ1n) is 9.02. The van der Waals surface area contributed by atoms with Gasteiger partial charge >= 0.3 is 0 Å². The number of alkyl halides is 2. The topological polar surface area (TPSA) is 60.2 Å². The van der Waals surface area contributed by atoms with Crippen LogP contribution in [0, 0.1) is 5.82 Å². The predicted octanol–water partition coefficient (Wildman–Crippen LogP) is 3.42. The van der Waals surface area contributed by atoms with E-state index in [9.17, 15) is 18.0 Å². The monoisotopic (exact) mass is 404 g/mol. The summed E-state index contributed by atoms with van der Waals surface area (Å²) in [5.74, 6) is -1.05. The Kier molecular flexibility index (Phi) is 4.77. The second kappa shape index (κ2) is 7.14. The van der Waals surface area contributed by atoms with Crippen LogP contribution in [-0.4, -0.2) is 51.4 Å². The Bertz CT molecular complexity index is 1080. The van der Waals surface area contributed by atoms with Crippen LogP contribution in [-0.2, 0) is 16.1 Å². The molecule has 4 rings (SSSR count). The van der Waals surface area contributed by atoms with E-state index in [1.54, 1.807) is 18.1 Å². The van der Waals surface area contributed by atoms with Crippen LogP contribution in [0.2, 0.25) is 0 Å². The molecule has 0 atom stereocenters. The van der Waals surface area contributed by atoms with E-state index < -0.39 is 17.8 Å². The average molecular weight is 404 g/mol. The lowest BCUT2D eigenvalue weighted by molar-refractivity contribution is -0.158. The molecule has 29 heavy (non-hydrogen) atoms. The van der Waals surface area contributed by atoms with E-state index in [0.29, 0.717) is 35.2 Å². The molecule has 152 valence electrons. The number of carbonyl (C=O) groups is 1. The number of amides is 1. The van der Waals surface area contributed by atoms with Crippen molar-refractivity contribution in [1.82, 2.24) is 19.7 Å².